The van der Waals surface area contributed by atoms with Gasteiger partial charge in [0.25, 0.3) is 5.91 Å². The number of rotatable bonds is 4. The number of nitrogens with one attached hydrogen (secondary N) is 1. The molecule has 1 N–H and O–H groups in total. The zero-order valence-electron chi connectivity index (χ0n) is 13.9. The zero-order valence-corrected chi connectivity index (χ0v) is 14.8. The van der Waals surface area contributed by atoms with E-state index >= 15 is 0 Å². The summed E-state index contributed by atoms with van der Waals surface area (Å²) < 4.78 is 0. The molecule has 3 aromatic heterocycles. The van der Waals surface area contributed by atoms with Gasteiger partial charge in [-0.2, -0.15) is 0 Å². The van der Waals surface area contributed by atoms with E-state index in [1.165, 1.54) is 11.3 Å². The lowest BCUT2D eigenvalue weighted by Crippen LogP contribution is -2.39. The third kappa shape index (κ3) is 3.52. The van der Waals surface area contributed by atoms with Crippen LogP contribution in [0.5, 0.6) is 0 Å². The van der Waals surface area contributed by atoms with Crippen molar-refractivity contribution < 1.29 is 4.79 Å². The molecule has 26 heavy (non-hydrogen) atoms. The van der Waals surface area contributed by atoms with Crippen LogP contribution in [0.25, 0.3) is 0 Å². The van der Waals surface area contributed by atoms with Gasteiger partial charge in [-0.15, -0.1) is 11.3 Å². The van der Waals surface area contributed by atoms with Gasteiger partial charge in [0, 0.05) is 36.7 Å². The van der Waals surface area contributed by atoms with Crippen molar-refractivity contribution in [1.82, 2.24) is 29.8 Å². The molecule has 0 bridgehead atoms. The minimum atomic E-state index is -0.147. The third-order valence-corrected chi connectivity index (χ3v) is 4.96. The van der Waals surface area contributed by atoms with E-state index in [1.807, 2.05) is 10.3 Å². The van der Waals surface area contributed by atoms with Crippen LogP contribution in [0.4, 0.5) is 10.9 Å². The van der Waals surface area contributed by atoms with E-state index in [9.17, 15) is 4.79 Å². The second-order valence-corrected chi connectivity index (χ2v) is 6.73. The molecular formula is C17H17N7OS. The summed E-state index contributed by atoms with van der Waals surface area (Å²) in [4.78, 5) is 35.7. The predicted octanol–water partition coefficient (Wildman–Crippen LogP) is 2.83. The Labute approximate surface area is 154 Å². The molecule has 0 unspecified atom stereocenters. The largest absolute Gasteiger partial charge is 0.327 e. The molecule has 1 aliphatic rings. The fraction of sp³-hybridized carbons (Fsp3) is 0.294. The molecule has 4 rings (SSSR count). The van der Waals surface area contributed by atoms with Crippen molar-refractivity contribution in [2.24, 2.45) is 0 Å². The highest BCUT2D eigenvalue weighted by atomic mass is 32.1. The van der Waals surface area contributed by atoms with Gasteiger partial charge >= 0.3 is 0 Å². The monoisotopic (exact) mass is 367 g/mol. The van der Waals surface area contributed by atoms with Gasteiger partial charge in [-0.3, -0.25) is 9.78 Å². The molecule has 0 radical (unpaired) electrons. The molecule has 4 heterocycles. The second-order valence-electron chi connectivity index (χ2n) is 5.88. The summed E-state index contributed by atoms with van der Waals surface area (Å²) in [6.07, 6.45) is 11.0. The number of hydrogen-bond donors (Lipinski definition) is 1. The number of hydrogen-bond acceptors (Lipinski definition) is 8. The Morgan fingerprint density at radius 2 is 2.04 bits per heavy atom. The molecule has 1 amide bonds. The lowest BCUT2D eigenvalue weighted by molar-refractivity contribution is 0.0594. The molecule has 9 heteroatoms. The summed E-state index contributed by atoms with van der Waals surface area (Å²) in [5.41, 5.74) is 0.880. The number of anilines is 2. The Kier molecular flexibility index (Phi) is 4.78. The summed E-state index contributed by atoms with van der Waals surface area (Å²) >= 11 is 1.49. The summed E-state index contributed by atoms with van der Waals surface area (Å²) in [6.45, 7) is 0.687. The summed E-state index contributed by atoms with van der Waals surface area (Å²) in [7, 11) is 0. The molecule has 132 valence electrons. The van der Waals surface area contributed by atoms with Crippen molar-refractivity contribution in [2.45, 2.75) is 25.3 Å². The van der Waals surface area contributed by atoms with Crippen molar-refractivity contribution in [1.29, 1.82) is 0 Å². The van der Waals surface area contributed by atoms with Crippen molar-refractivity contribution in [2.75, 3.05) is 11.9 Å². The highest BCUT2D eigenvalue weighted by Crippen LogP contribution is 2.33. The Bertz CT molecular complexity index is 871. The highest BCUT2D eigenvalue weighted by Gasteiger charge is 2.31. The average molecular weight is 367 g/mol. The standard InChI is InChI=1S/C17H17N7OS/c25-16(15-20-5-3-6-21-15)24-9-2-1-4-13(24)12-11-26-17(22-12)23-14-10-18-7-8-19-14/h3,5-8,10-11,13H,1-2,4,9H2,(H,19,22,23)/t13-/m1/s1. The first-order valence-corrected chi connectivity index (χ1v) is 9.25. The first kappa shape index (κ1) is 16.5. The average Bonchev–Trinajstić information content (AvgIpc) is 3.17. The molecule has 0 saturated carbocycles. The van der Waals surface area contributed by atoms with Gasteiger partial charge in [-0.25, -0.2) is 19.9 Å². The molecular weight excluding hydrogens is 350 g/mol. The number of thiazole rings is 1. The topological polar surface area (TPSA) is 96.8 Å². The molecule has 1 atom stereocenters. The number of piperidine rings is 1. The van der Waals surface area contributed by atoms with Crippen LogP contribution in [-0.4, -0.2) is 42.3 Å². The second kappa shape index (κ2) is 7.52. The van der Waals surface area contributed by atoms with Crippen molar-refractivity contribution in [3.8, 4) is 0 Å². The van der Waals surface area contributed by atoms with E-state index in [4.69, 9.17) is 0 Å². The maximum absolute atomic E-state index is 12.8. The SMILES string of the molecule is O=C(c1ncccn1)N1CCCC[C@@H]1c1csc(Nc2cnccn2)n1. The van der Waals surface area contributed by atoms with Gasteiger partial charge in [-0.05, 0) is 25.3 Å². The van der Waals surface area contributed by atoms with Crippen LogP contribution in [0, 0.1) is 0 Å². The predicted molar refractivity (Wildman–Crippen MR) is 97.1 cm³/mol. The summed E-state index contributed by atoms with van der Waals surface area (Å²) in [5.74, 6) is 0.724. The molecule has 3 aromatic rings. The Morgan fingerprint density at radius 3 is 2.85 bits per heavy atom. The van der Waals surface area contributed by atoms with Crippen LogP contribution in [0.15, 0.2) is 42.4 Å². The van der Waals surface area contributed by atoms with Crippen LogP contribution in [0.1, 0.15) is 41.6 Å². The Hall–Kier alpha value is -2.94. The summed E-state index contributed by atoms with van der Waals surface area (Å²) in [5, 5.41) is 5.86. The van der Waals surface area contributed by atoms with E-state index in [1.54, 1.807) is 37.1 Å². The zero-order chi connectivity index (χ0) is 17.8. The normalized spacial score (nSPS) is 17.1. The minimum Gasteiger partial charge on any atom is -0.327 e. The fourth-order valence-corrected chi connectivity index (χ4v) is 3.75. The first-order valence-electron chi connectivity index (χ1n) is 8.38. The van der Waals surface area contributed by atoms with Crippen molar-refractivity contribution in [3.05, 3.63) is 53.9 Å². The smallest absolute Gasteiger partial charge is 0.292 e. The Morgan fingerprint density at radius 1 is 1.15 bits per heavy atom. The number of nitrogens with zero attached hydrogens (tertiary/aromatic N) is 6. The maximum Gasteiger partial charge on any atom is 0.292 e. The van der Waals surface area contributed by atoms with Crippen LogP contribution >= 0.6 is 11.3 Å². The first-order chi connectivity index (χ1) is 12.8. The molecule has 1 aliphatic heterocycles. The number of amides is 1. The number of carbonyl (C=O) groups is 1. The van der Waals surface area contributed by atoms with Crippen LogP contribution < -0.4 is 5.32 Å². The minimum absolute atomic E-state index is 0.0614. The van der Waals surface area contributed by atoms with Crippen molar-refractivity contribution >= 4 is 28.2 Å². The quantitative estimate of drug-likeness (QED) is 0.757. The molecule has 8 nitrogen and oxygen atoms in total. The lowest BCUT2D eigenvalue weighted by atomic mass is 10.00. The van der Waals surface area contributed by atoms with E-state index in [-0.39, 0.29) is 17.8 Å². The highest BCUT2D eigenvalue weighted by molar-refractivity contribution is 7.13. The summed E-state index contributed by atoms with van der Waals surface area (Å²) in [6, 6.07) is 1.64. The van der Waals surface area contributed by atoms with Gasteiger partial charge < -0.3 is 10.2 Å². The van der Waals surface area contributed by atoms with Crippen LogP contribution in [-0.2, 0) is 0 Å². The maximum atomic E-state index is 12.8. The van der Waals surface area contributed by atoms with Gasteiger partial charge in [0.2, 0.25) is 5.82 Å². The van der Waals surface area contributed by atoms with Gasteiger partial charge in [0.15, 0.2) is 10.9 Å². The molecule has 0 spiro atoms. The third-order valence-electron chi connectivity index (χ3n) is 4.18. The number of likely N-dealkylation sites (tertiary alicyclic amines) is 1. The molecule has 1 saturated heterocycles. The van der Waals surface area contributed by atoms with E-state index < -0.39 is 0 Å². The molecule has 1 fully saturated rings. The van der Waals surface area contributed by atoms with Crippen molar-refractivity contribution in [3.63, 3.8) is 0 Å². The fourth-order valence-electron chi connectivity index (χ4n) is 2.99. The van der Waals surface area contributed by atoms with E-state index in [2.05, 4.69) is 30.2 Å². The van der Waals surface area contributed by atoms with Crippen LogP contribution in [0.3, 0.4) is 0 Å². The van der Waals surface area contributed by atoms with Crippen LogP contribution in [0.2, 0.25) is 0 Å². The van der Waals surface area contributed by atoms with E-state index in [0.717, 1.165) is 30.1 Å². The van der Waals surface area contributed by atoms with E-state index in [0.29, 0.717) is 12.4 Å². The molecule has 0 aliphatic carbocycles. The lowest BCUT2D eigenvalue weighted by Gasteiger charge is -2.34. The molecule has 0 aromatic carbocycles. The number of carbonyl (C=O) groups excluding carboxylic acids is 1. The Balaban J connectivity index is 1.54. The van der Waals surface area contributed by atoms with Gasteiger partial charge in [-0.1, -0.05) is 0 Å². The van der Waals surface area contributed by atoms with Gasteiger partial charge in [0.05, 0.1) is 17.9 Å². The van der Waals surface area contributed by atoms with Gasteiger partial charge in [0.1, 0.15) is 0 Å². The number of aromatic nitrogens is 5.